The fraction of sp³-hybridized carbons (Fsp3) is 0.520. The zero-order valence-corrected chi connectivity index (χ0v) is 18.8. The Hall–Kier alpha value is -2.76. The molecule has 1 fully saturated rings. The molecule has 1 aliphatic rings. The fourth-order valence-corrected chi connectivity index (χ4v) is 3.74. The molecule has 2 aromatic rings. The van der Waals surface area contributed by atoms with Crippen molar-refractivity contribution in [1.29, 1.82) is 0 Å². The number of rotatable bonds is 12. The van der Waals surface area contributed by atoms with E-state index in [-0.39, 0.29) is 11.7 Å². The summed E-state index contributed by atoms with van der Waals surface area (Å²) in [5, 5.41) is 9.04. The van der Waals surface area contributed by atoms with Crippen molar-refractivity contribution in [3.63, 3.8) is 0 Å². The van der Waals surface area contributed by atoms with Gasteiger partial charge in [-0.25, -0.2) is 9.97 Å². The minimum Gasteiger partial charge on any atom is -0.481 e. The quantitative estimate of drug-likeness (QED) is 0.507. The highest BCUT2D eigenvalue weighted by atomic mass is 16.4. The summed E-state index contributed by atoms with van der Waals surface area (Å²) in [5.41, 5.74) is 3.58. The molecule has 1 aliphatic carbocycles. The number of nitrogens with zero attached hydrogens (tertiary/aromatic N) is 3. The van der Waals surface area contributed by atoms with Gasteiger partial charge in [-0.05, 0) is 61.6 Å². The van der Waals surface area contributed by atoms with Gasteiger partial charge in [-0.15, -0.1) is 0 Å². The molecule has 3 rings (SSSR count). The van der Waals surface area contributed by atoms with Crippen LogP contribution in [0.15, 0.2) is 30.6 Å². The van der Waals surface area contributed by atoms with E-state index in [0.29, 0.717) is 25.0 Å². The van der Waals surface area contributed by atoms with Crippen molar-refractivity contribution >= 4 is 17.6 Å². The zero-order valence-electron chi connectivity index (χ0n) is 18.8. The third-order valence-electron chi connectivity index (χ3n) is 5.98. The SMILES string of the molecule is CCCN(CC1CC1)c1cc(C(=O)Cc2ccc(CCC(C)C(=O)O)cc2C)ncn1. The van der Waals surface area contributed by atoms with Gasteiger partial charge in [0.25, 0.3) is 0 Å². The summed E-state index contributed by atoms with van der Waals surface area (Å²) in [5.74, 6) is 0.451. The van der Waals surface area contributed by atoms with Crippen molar-refractivity contribution in [1.82, 2.24) is 9.97 Å². The van der Waals surface area contributed by atoms with E-state index in [1.54, 1.807) is 6.92 Å². The second kappa shape index (κ2) is 10.5. The van der Waals surface area contributed by atoms with Gasteiger partial charge in [0.05, 0.1) is 5.92 Å². The maximum atomic E-state index is 12.9. The number of aliphatic carboxylic acids is 1. The lowest BCUT2D eigenvalue weighted by Crippen LogP contribution is -2.27. The molecular formula is C25H33N3O3. The molecule has 1 atom stereocenters. The van der Waals surface area contributed by atoms with E-state index in [0.717, 1.165) is 47.9 Å². The van der Waals surface area contributed by atoms with Crippen molar-refractivity contribution < 1.29 is 14.7 Å². The van der Waals surface area contributed by atoms with Gasteiger partial charge in [-0.2, -0.15) is 0 Å². The van der Waals surface area contributed by atoms with E-state index in [1.807, 2.05) is 25.1 Å². The molecule has 1 aromatic heterocycles. The number of carbonyl (C=O) groups excluding carboxylic acids is 1. The van der Waals surface area contributed by atoms with Crippen LogP contribution in [-0.4, -0.2) is 39.9 Å². The largest absolute Gasteiger partial charge is 0.481 e. The van der Waals surface area contributed by atoms with E-state index in [1.165, 1.54) is 19.2 Å². The predicted octanol–water partition coefficient (Wildman–Crippen LogP) is 4.49. The van der Waals surface area contributed by atoms with Gasteiger partial charge < -0.3 is 10.0 Å². The van der Waals surface area contributed by atoms with Crippen LogP contribution in [0.25, 0.3) is 0 Å². The van der Waals surface area contributed by atoms with Gasteiger partial charge in [0.1, 0.15) is 17.8 Å². The number of anilines is 1. The average molecular weight is 424 g/mol. The molecule has 0 bridgehead atoms. The fourth-order valence-electron chi connectivity index (χ4n) is 3.74. The summed E-state index contributed by atoms with van der Waals surface area (Å²) < 4.78 is 0. The molecule has 0 amide bonds. The smallest absolute Gasteiger partial charge is 0.306 e. The van der Waals surface area contributed by atoms with Gasteiger partial charge in [0.2, 0.25) is 0 Å². The molecule has 1 saturated carbocycles. The lowest BCUT2D eigenvalue weighted by atomic mass is 9.96. The van der Waals surface area contributed by atoms with Crippen molar-refractivity contribution in [3.8, 4) is 0 Å². The number of carbonyl (C=O) groups is 2. The van der Waals surface area contributed by atoms with Crippen molar-refractivity contribution in [2.45, 2.75) is 59.3 Å². The molecular weight excluding hydrogens is 390 g/mol. The predicted molar refractivity (Wildman–Crippen MR) is 122 cm³/mol. The molecule has 1 heterocycles. The average Bonchev–Trinajstić information content (AvgIpc) is 3.57. The highest BCUT2D eigenvalue weighted by Crippen LogP contribution is 2.31. The van der Waals surface area contributed by atoms with Crippen LogP contribution in [0, 0.1) is 18.8 Å². The van der Waals surface area contributed by atoms with Crippen molar-refractivity contribution in [3.05, 3.63) is 53.0 Å². The lowest BCUT2D eigenvalue weighted by molar-refractivity contribution is -0.141. The Morgan fingerprint density at radius 3 is 2.65 bits per heavy atom. The number of aryl methyl sites for hydroxylation is 2. The van der Waals surface area contributed by atoms with Crippen LogP contribution in [0.3, 0.4) is 0 Å². The second-order valence-electron chi connectivity index (χ2n) is 8.79. The summed E-state index contributed by atoms with van der Waals surface area (Å²) in [7, 11) is 0. The van der Waals surface area contributed by atoms with Crippen LogP contribution in [-0.2, 0) is 17.6 Å². The summed E-state index contributed by atoms with van der Waals surface area (Å²) in [4.78, 5) is 34.9. The van der Waals surface area contributed by atoms with Crippen LogP contribution >= 0.6 is 0 Å². The van der Waals surface area contributed by atoms with Gasteiger partial charge >= 0.3 is 5.97 Å². The minimum absolute atomic E-state index is 0.0122. The summed E-state index contributed by atoms with van der Waals surface area (Å²) >= 11 is 0. The standard InChI is InChI=1S/C25H33N3O3/c1-4-11-28(15-20-7-8-20)24-14-22(26-16-27-24)23(29)13-21-10-9-19(12-18(21)3)6-5-17(2)25(30)31/h9-10,12,14,16-17,20H,4-8,11,13,15H2,1-3H3,(H,30,31). The number of ketones is 1. The minimum atomic E-state index is -0.766. The molecule has 1 N–H and O–H groups in total. The number of benzene rings is 1. The van der Waals surface area contributed by atoms with Gasteiger partial charge in [0, 0.05) is 25.6 Å². The maximum absolute atomic E-state index is 12.9. The molecule has 1 aromatic carbocycles. The van der Waals surface area contributed by atoms with E-state index in [2.05, 4.69) is 27.9 Å². The molecule has 1 unspecified atom stereocenters. The van der Waals surface area contributed by atoms with Crippen molar-refractivity contribution in [2.75, 3.05) is 18.0 Å². The Morgan fingerprint density at radius 2 is 2.00 bits per heavy atom. The van der Waals surface area contributed by atoms with Crippen molar-refractivity contribution in [2.24, 2.45) is 11.8 Å². The molecule has 6 heteroatoms. The van der Waals surface area contributed by atoms with Crippen LogP contribution in [0.1, 0.15) is 66.7 Å². The zero-order chi connectivity index (χ0) is 22.4. The van der Waals surface area contributed by atoms with Crippen LogP contribution < -0.4 is 4.90 Å². The Bertz CT molecular complexity index is 924. The number of carboxylic acid groups (broad SMARTS) is 1. The second-order valence-corrected chi connectivity index (χ2v) is 8.79. The number of hydrogen-bond acceptors (Lipinski definition) is 5. The number of aromatic nitrogens is 2. The van der Waals surface area contributed by atoms with E-state index >= 15 is 0 Å². The first kappa shape index (κ1) is 22.9. The normalized spacial score (nSPS) is 14.3. The molecule has 6 nitrogen and oxygen atoms in total. The third kappa shape index (κ3) is 6.61. The maximum Gasteiger partial charge on any atom is 0.306 e. The third-order valence-corrected chi connectivity index (χ3v) is 5.98. The summed E-state index contributed by atoms with van der Waals surface area (Å²) in [6.45, 7) is 7.81. The van der Waals surface area contributed by atoms with Crippen LogP contribution in [0.4, 0.5) is 5.82 Å². The van der Waals surface area contributed by atoms with Gasteiger partial charge in [0.15, 0.2) is 5.78 Å². The lowest BCUT2D eigenvalue weighted by Gasteiger charge is -2.23. The Kier molecular flexibility index (Phi) is 7.77. The highest BCUT2D eigenvalue weighted by Gasteiger charge is 2.25. The number of Topliss-reactive ketones (excluding diaryl/α,β-unsaturated/α-hetero) is 1. The Balaban J connectivity index is 1.66. The first-order chi connectivity index (χ1) is 14.9. The Labute approximate surface area is 184 Å². The van der Waals surface area contributed by atoms with Crippen LogP contribution in [0.5, 0.6) is 0 Å². The first-order valence-corrected chi connectivity index (χ1v) is 11.3. The highest BCUT2D eigenvalue weighted by molar-refractivity contribution is 5.96. The van der Waals surface area contributed by atoms with E-state index in [9.17, 15) is 9.59 Å². The van der Waals surface area contributed by atoms with Crippen LogP contribution in [0.2, 0.25) is 0 Å². The molecule has 0 aliphatic heterocycles. The first-order valence-electron chi connectivity index (χ1n) is 11.3. The molecule has 0 radical (unpaired) electrons. The molecule has 0 saturated heterocycles. The Morgan fingerprint density at radius 1 is 1.23 bits per heavy atom. The van der Waals surface area contributed by atoms with Gasteiger partial charge in [-0.3, -0.25) is 9.59 Å². The topological polar surface area (TPSA) is 83.4 Å². The summed E-state index contributed by atoms with van der Waals surface area (Å²) in [6.07, 6.45) is 6.71. The molecule has 31 heavy (non-hydrogen) atoms. The number of hydrogen-bond donors (Lipinski definition) is 1. The van der Waals surface area contributed by atoms with Gasteiger partial charge in [-0.1, -0.05) is 32.0 Å². The molecule has 0 spiro atoms. The van der Waals surface area contributed by atoms with E-state index < -0.39 is 5.97 Å². The number of carboxylic acids is 1. The monoisotopic (exact) mass is 423 g/mol. The van der Waals surface area contributed by atoms with E-state index in [4.69, 9.17) is 5.11 Å². The summed E-state index contributed by atoms with van der Waals surface area (Å²) in [6, 6.07) is 7.86. The molecule has 166 valence electrons.